The Bertz CT molecular complexity index is 2030. The zero-order valence-corrected chi connectivity index (χ0v) is 31.3. The minimum Gasteiger partial charge on any atom is -0.494 e. The number of hydrogen-bond donors (Lipinski definition) is 2. The molecule has 12 nitrogen and oxygen atoms in total. The first-order chi connectivity index (χ1) is 24.2. The van der Waals surface area contributed by atoms with Gasteiger partial charge in [-0.3, -0.25) is 19.9 Å². The normalized spacial score (nSPS) is 16.5. The van der Waals surface area contributed by atoms with Gasteiger partial charge in [-0.2, -0.15) is 4.98 Å². The Labute approximate surface area is 301 Å². The zero-order chi connectivity index (χ0) is 34.8. The van der Waals surface area contributed by atoms with Crippen LogP contribution in [0.25, 0.3) is 22.2 Å². The zero-order valence-electron chi connectivity index (χ0n) is 28.8. The van der Waals surface area contributed by atoms with Gasteiger partial charge in [0.1, 0.15) is 24.2 Å². The van der Waals surface area contributed by atoms with Crippen molar-refractivity contribution in [2.75, 3.05) is 82.3 Å². The molecular weight excluding hydrogens is 715 g/mol. The van der Waals surface area contributed by atoms with Crippen LogP contribution in [0.4, 0.5) is 28.8 Å². The molecule has 260 valence electrons. The average molecular weight is 758 g/mol. The van der Waals surface area contributed by atoms with E-state index in [1.807, 2.05) is 36.7 Å². The number of methoxy groups -OCH3 is 1. The Morgan fingerprint density at radius 1 is 0.880 bits per heavy atom. The lowest BCUT2D eigenvalue weighted by molar-refractivity contribution is 0.0982. The molecule has 2 aliphatic rings. The molecule has 0 spiro atoms. The molecule has 0 amide bonds. The third-order valence-corrected chi connectivity index (χ3v) is 11.7. The topological polar surface area (TPSA) is 125 Å². The van der Waals surface area contributed by atoms with Crippen LogP contribution in [0.5, 0.6) is 5.75 Å². The lowest BCUT2D eigenvalue weighted by Crippen LogP contribution is -2.52. The van der Waals surface area contributed by atoms with Crippen molar-refractivity contribution in [2.45, 2.75) is 18.9 Å². The van der Waals surface area contributed by atoms with Crippen LogP contribution in [0, 0.1) is 0 Å². The highest BCUT2D eigenvalue weighted by molar-refractivity contribution is 9.10. The summed E-state index contributed by atoms with van der Waals surface area (Å²) < 4.78 is 20.1. The number of fused-ring (bicyclic) bond motifs is 1. The molecule has 2 saturated heterocycles. The largest absolute Gasteiger partial charge is 0.494 e. The van der Waals surface area contributed by atoms with Gasteiger partial charge in [-0.25, -0.2) is 4.98 Å². The summed E-state index contributed by atoms with van der Waals surface area (Å²) in [5, 5.41) is 7.42. The van der Waals surface area contributed by atoms with E-state index in [0.717, 1.165) is 74.6 Å². The van der Waals surface area contributed by atoms with Crippen molar-refractivity contribution in [3.05, 3.63) is 71.9 Å². The van der Waals surface area contributed by atoms with E-state index in [9.17, 15) is 4.57 Å². The van der Waals surface area contributed by atoms with Gasteiger partial charge >= 0.3 is 0 Å². The highest BCUT2D eigenvalue weighted by Gasteiger charge is 2.29. The van der Waals surface area contributed by atoms with E-state index in [2.05, 4.69) is 80.4 Å². The van der Waals surface area contributed by atoms with Crippen molar-refractivity contribution in [2.24, 2.45) is 0 Å². The fourth-order valence-electron chi connectivity index (χ4n) is 6.95. The second-order valence-electron chi connectivity index (χ2n) is 13.2. The SMILES string of the molecule is COc1cc(N2CCC(N3CCN(C)CC3)CC2)c(-c2ccncc2)cc1Nc1ncc(Br)c(Nc2ccc3nccnc3c2P(C)(C)=O)n1. The summed E-state index contributed by atoms with van der Waals surface area (Å²) in [5.74, 6) is 1.57. The summed E-state index contributed by atoms with van der Waals surface area (Å²) in [7, 11) is 1.13. The molecule has 5 aromatic rings. The number of likely N-dealkylation sites (N-methyl/N-ethyl adjacent to an activating group) is 1. The number of pyridine rings is 1. The van der Waals surface area contributed by atoms with Gasteiger partial charge in [0.2, 0.25) is 5.95 Å². The molecule has 3 aromatic heterocycles. The minimum absolute atomic E-state index is 0.369. The fraction of sp³-hybridized carbons (Fsp3) is 0.361. The van der Waals surface area contributed by atoms with Crippen LogP contribution in [0.1, 0.15) is 12.8 Å². The van der Waals surface area contributed by atoms with Crippen LogP contribution in [0.3, 0.4) is 0 Å². The van der Waals surface area contributed by atoms with E-state index in [1.54, 1.807) is 39.0 Å². The maximum absolute atomic E-state index is 13.5. The number of benzene rings is 2. The molecule has 14 heteroatoms. The highest BCUT2D eigenvalue weighted by Crippen LogP contribution is 2.43. The second kappa shape index (κ2) is 14.6. The van der Waals surface area contributed by atoms with Crippen LogP contribution in [0.15, 0.2) is 71.9 Å². The third kappa shape index (κ3) is 7.32. The molecule has 0 bridgehead atoms. The number of hydrogen-bond acceptors (Lipinski definition) is 12. The lowest BCUT2D eigenvalue weighted by Gasteiger charge is -2.43. The first-order valence-electron chi connectivity index (χ1n) is 16.8. The Balaban J connectivity index is 1.18. The van der Waals surface area contributed by atoms with E-state index in [4.69, 9.17) is 9.72 Å². The van der Waals surface area contributed by atoms with Crippen molar-refractivity contribution in [3.63, 3.8) is 0 Å². The average Bonchev–Trinajstić information content (AvgIpc) is 3.13. The quantitative estimate of drug-likeness (QED) is 0.166. The smallest absolute Gasteiger partial charge is 0.229 e. The summed E-state index contributed by atoms with van der Waals surface area (Å²) in [4.78, 5) is 30.2. The molecule has 7 rings (SSSR count). The molecule has 0 saturated carbocycles. The van der Waals surface area contributed by atoms with Gasteiger partial charge in [0.15, 0.2) is 0 Å². The molecule has 0 aliphatic carbocycles. The first kappa shape index (κ1) is 34.3. The third-order valence-electron chi connectivity index (χ3n) is 9.56. The van der Waals surface area contributed by atoms with Crippen LogP contribution < -0.4 is 25.6 Å². The standard InChI is InChI=1S/C36H42BrN10O2P/c1-45-17-19-46(20-18-45)25-9-15-47(16-10-25)31-22-32(49-2)30(21-26(31)24-7-11-38-12-8-24)43-36-41-23-27(37)35(44-36)42-29-6-5-28-33(40-14-13-39-28)34(29)50(3,4)48/h5-8,11-14,21-23,25H,9-10,15-20H2,1-4H3,(H2,41,42,43,44). The lowest BCUT2D eigenvalue weighted by atomic mass is 9.98. The fourth-order valence-corrected chi connectivity index (χ4v) is 8.63. The van der Waals surface area contributed by atoms with E-state index in [-0.39, 0.29) is 0 Å². The summed E-state index contributed by atoms with van der Waals surface area (Å²) in [6.45, 7) is 9.97. The highest BCUT2D eigenvalue weighted by atomic mass is 79.9. The minimum atomic E-state index is -2.76. The Morgan fingerprint density at radius 3 is 2.34 bits per heavy atom. The van der Waals surface area contributed by atoms with E-state index in [0.29, 0.717) is 50.1 Å². The van der Waals surface area contributed by atoms with Crippen molar-refractivity contribution < 1.29 is 9.30 Å². The number of anilines is 5. The van der Waals surface area contributed by atoms with Gasteiger partial charge in [0, 0.05) is 93.6 Å². The molecular formula is C36H42BrN10O2P. The van der Waals surface area contributed by atoms with Gasteiger partial charge in [-0.15, -0.1) is 0 Å². The Kier molecular flexibility index (Phi) is 10.0. The summed E-state index contributed by atoms with van der Waals surface area (Å²) >= 11 is 3.60. The number of ether oxygens (including phenoxy) is 1. The van der Waals surface area contributed by atoms with Crippen LogP contribution in [0.2, 0.25) is 0 Å². The predicted molar refractivity (Wildman–Crippen MR) is 205 cm³/mol. The second-order valence-corrected chi connectivity index (χ2v) is 17.2. The van der Waals surface area contributed by atoms with Gasteiger partial charge in [-0.05, 0) is 85.0 Å². The van der Waals surface area contributed by atoms with E-state index in [1.165, 1.54) is 0 Å². The molecule has 2 aromatic carbocycles. The number of nitrogens with zero attached hydrogens (tertiary/aromatic N) is 8. The van der Waals surface area contributed by atoms with Crippen molar-refractivity contribution in [1.82, 2.24) is 34.7 Å². The van der Waals surface area contributed by atoms with Crippen LogP contribution in [-0.2, 0) is 4.57 Å². The molecule has 5 heterocycles. The van der Waals surface area contributed by atoms with Crippen LogP contribution >= 0.6 is 23.1 Å². The van der Waals surface area contributed by atoms with E-state index >= 15 is 0 Å². The summed E-state index contributed by atoms with van der Waals surface area (Å²) in [6, 6.07) is 12.6. The molecule has 0 atom stereocenters. The van der Waals surface area contributed by atoms with Crippen molar-refractivity contribution in [3.8, 4) is 16.9 Å². The van der Waals surface area contributed by atoms with E-state index < -0.39 is 7.14 Å². The summed E-state index contributed by atoms with van der Waals surface area (Å²) in [6.07, 6.45) is 10.8. The van der Waals surface area contributed by atoms with Gasteiger partial charge in [-0.1, -0.05) is 0 Å². The van der Waals surface area contributed by atoms with Gasteiger partial charge in [0.05, 0.1) is 33.8 Å². The van der Waals surface area contributed by atoms with Gasteiger partial charge < -0.3 is 29.7 Å². The first-order valence-corrected chi connectivity index (χ1v) is 20.2. The number of piperazine rings is 1. The summed E-state index contributed by atoms with van der Waals surface area (Å²) in [5.41, 5.74) is 5.94. The van der Waals surface area contributed by atoms with Crippen LogP contribution in [-0.4, -0.2) is 108 Å². The van der Waals surface area contributed by atoms with Gasteiger partial charge in [0.25, 0.3) is 0 Å². The number of rotatable bonds is 9. The number of halogens is 1. The number of aromatic nitrogens is 5. The molecule has 2 aliphatic heterocycles. The Hall–Kier alpha value is -4.16. The molecule has 50 heavy (non-hydrogen) atoms. The maximum Gasteiger partial charge on any atom is 0.229 e. The predicted octanol–water partition coefficient (Wildman–Crippen LogP) is 6.20. The molecule has 0 unspecified atom stereocenters. The van der Waals surface area contributed by atoms with Crippen molar-refractivity contribution >= 4 is 68.2 Å². The number of piperidine rings is 1. The van der Waals surface area contributed by atoms with Crippen molar-refractivity contribution in [1.29, 1.82) is 0 Å². The monoisotopic (exact) mass is 756 g/mol. The molecule has 0 radical (unpaired) electrons. The molecule has 2 fully saturated rings. The number of nitrogens with one attached hydrogen (secondary N) is 2. The molecule has 2 N–H and O–H groups in total. The Morgan fingerprint density at radius 2 is 1.62 bits per heavy atom. The maximum atomic E-state index is 13.5.